The summed E-state index contributed by atoms with van der Waals surface area (Å²) in [6.45, 7) is 7.05. The van der Waals surface area contributed by atoms with Crippen LogP contribution in [0.15, 0.2) is 24.3 Å². The van der Waals surface area contributed by atoms with Crippen molar-refractivity contribution in [2.24, 2.45) is 0 Å². The number of fused-ring (bicyclic) bond motifs is 1. The van der Waals surface area contributed by atoms with Gasteiger partial charge >= 0.3 is 0 Å². The second-order valence-corrected chi connectivity index (χ2v) is 7.48. The zero-order valence-electron chi connectivity index (χ0n) is 15.8. The van der Waals surface area contributed by atoms with E-state index < -0.39 is 5.54 Å². The predicted molar refractivity (Wildman–Crippen MR) is 99.8 cm³/mol. The van der Waals surface area contributed by atoms with Crippen LogP contribution in [0, 0.1) is 0 Å². The number of ether oxygens (including phenoxy) is 1. The maximum Gasteiger partial charge on any atom is 0.262 e. The number of carbonyl (C=O) groups is 2. The molecule has 1 aliphatic heterocycles. The minimum Gasteiger partial charge on any atom is -0.379 e. The Hall–Kier alpha value is -1.68. The molecule has 0 spiro atoms. The van der Waals surface area contributed by atoms with Crippen LogP contribution in [0.1, 0.15) is 86.4 Å². The summed E-state index contributed by atoms with van der Waals surface area (Å²) < 4.78 is 5.79. The first-order chi connectivity index (χ1) is 12.0. The molecular weight excluding hydrogens is 314 g/mol. The van der Waals surface area contributed by atoms with E-state index in [2.05, 4.69) is 6.92 Å². The molecule has 4 heteroatoms. The third kappa shape index (κ3) is 4.91. The lowest BCUT2D eigenvalue weighted by Gasteiger charge is -2.33. The molecule has 0 atom stereocenters. The quantitative estimate of drug-likeness (QED) is 0.426. The van der Waals surface area contributed by atoms with E-state index in [0.29, 0.717) is 24.3 Å². The minimum absolute atomic E-state index is 0.217. The fourth-order valence-corrected chi connectivity index (χ4v) is 3.29. The predicted octanol–water partition coefficient (Wildman–Crippen LogP) is 4.83. The number of hydrogen-bond donors (Lipinski definition) is 0. The van der Waals surface area contributed by atoms with Crippen LogP contribution in [0.4, 0.5) is 0 Å². The highest BCUT2D eigenvalue weighted by atomic mass is 16.5. The van der Waals surface area contributed by atoms with Gasteiger partial charge in [0.2, 0.25) is 0 Å². The van der Waals surface area contributed by atoms with E-state index in [1.54, 1.807) is 24.3 Å². The summed E-state index contributed by atoms with van der Waals surface area (Å²) in [5, 5.41) is 0. The number of benzene rings is 1. The maximum atomic E-state index is 12.6. The maximum absolute atomic E-state index is 12.6. The lowest BCUT2D eigenvalue weighted by atomic mass is 10.0. The SMILES string of the molecule is CCCCCCCCCOCC(C)(C)N1C(=O)c2ccccc2C1=O. The van der Waals surface area contributed by atoms with Crippen molar-refractivity contribution in [2.75, 3.05) is 13.2 Å². The van der Waals surface area contributed by atoms with Crippen molar-refractivity contribution in [3.05, 3.63) is 35.4 Å². The Balaban J connectivity index is 1.75. The highest BCUT2D eigenvalue weighted by molar-refractivity contribution is 6.21. The Kier molecular flexibility index (Phi) is 7.18. The number of hydrogen-bond acceptors (Lipinski definition) is 3. The van der Waals surface area contributed by atoms with Crippen molar-refractivity contribution in [1.82, 2.24) is 4.90 Å². The molecule has 0 aromatic heterocycles. The fraction of sp³-hybridized carbons (Fsp3) is 0.619. The van der Waals surface area contributed by atoms with Crippen LogP contribution in [0.25, 0.3) is 0 Å². The number of rotatable bonds is 11. The lowest BCUT2D eigenvalue weighted by Crippen LogP contribution is -2.50. The summed E-state index contributed by atoms with van der Waals surface area (Å²) >= 11 is 0. The number of amides is 2. The molecule has 0 radical (unpaired) electrons. The summed E-state index contributed by atoms with van der Waals surface area (Å²) in [6, 6.07) is 7.01. The zero-order valence-corrected chi connectivity index (χ0v) is 15.8. The Bertz CT molecular complexity index is 560. The molecule has 2 rings (SSSR count). The summed E-state index contributed by atoms with van der Waals surface area (Å²) in [6.07, 6.45) is 8.69. The monoisotopic (exact) mass is 345 g/mol. The van der Waals surface area contributed by atoms with Gasteiger partial charge in [0.15, 0.2) is 0 Å². The van der Waals surface area contributed by atoms with E-state index >= 15 is 0 Å². The second-order valence-electron chi connectivity index (χ2n) is 7.48. The standard InChI is InChI=1S/C21H31NO3/c1-4-5-6-7-8-9-12-15-25-16-21(2,3)22-19(23)17-13-10-11-14-18(17)20(22)24/h10-11,13-14H,4-9,12,15-16H2,1-3H3. The Morgan fingerprint density at radius 2 is 1.40 bits per heavy atom. The number of nitrogens with zero attached hydrogens (tertiary/aromatic N) is 1. The van der Waals surface area contributed by atoms with Gasteiger partial charge < -0.3 is 4.74 Å². The average Bonchev–Trinajstić information content (AvgIpc) is 2.85. The number of unbranched alkanes of at least 4 members (excludes halogenated alkanes) is 6. The highest BCUT2D eigenvalue weighted by Crippen LogP contribution is 2.29. The van der Waals surface area contributed by atoms with Crippen molar-refractivity contribution in [2.45, 2.75) is 71.3 Å². The van der Waals surface area contributed by atoms with Gasteiger partial charge in [0.1, 0.15) is 0 Å². The molecular formula is C21H31NO3. The van der Waals surface area contributed by atoms with Gasteiger partial charge in [-0.25, -0.2) is 0 Å². The molecule has 0 N–H and O–H groups in total. The Labute approximate surface area is 151 Å². The van der Waals surface area contributed by atoms with E-state index in [1.807, 2.05) is 13.8 Å². The van der Waals surface area contributed by atoms with Crippen LogP contribution >= 0.6 is 0 Å². The first-order valence-corrected chi connectivity index (χ1v) is 9.54. The molecule has 1 aromatic carbocycles. The number of imide groups is 1. The average molecular weight is 345 g/mol. The normalized spacial score (nSPS) is 14.3. The zero-order chi connectivity index (χ0) is 18.3. The van der Waals surface area contributed by atoms with Crippen molar-refractivity contribution >= 4 is 11.8 Å². The van der Waals surface area contributed by atoms with E-state index in [9.17, 15) is 9.59 Å². The van der Waals surface area contributed by atoms with Gasteiger partial charge in [-0.1, -0.05) is 57.6 Å². The molecule has 0 saturated heterocycles. The largest absolute Gasteiger partial charge is 0.379 e. The third-order valence-electron chi connectivity index (χ3n) is 4.75. The Morgan fingerprint density at radius 3 is 1.96 bits per heavy atom. The summed E-state index contributed by atoms with van der Waals surface area (Å²) in [4.78, 5) is 26.5. The van der Waals surface area contributed by atoms with E-state index in [1.165, 1.54) is 43.4 Å². The van der Waals surface area contributed by atoms with Crippen LogP contribution in [-0.4, -0.2) is 35.5 Å². The second kappa shape index (κ2) is 9.14. The van der Waals surface area contributed by atoms with Crippen molar-refractivity contribution < 1.29 is 14.3 Å². The summed E-state index contributed by atoms with van der Waals surface area (Å²) in [5.74, 6) is -0.435. The topological polar surface area (TPSA) is 46.6 Å². The highest BCUT2D eigenvalue weighted by Gasteiger charge is 2.43. The van der Waals surface area contributed by atoms with Gasteiger partial charge in [-0.05, 0) is 32.4 Å². The molecule has 0 bridgehead atoms. The first kappa shape index (κ1) is 19.6. The lowest BCUT2D eigenvalue weighted by molar-refractivity contribution is 0.0154. The molecule has 1 heterocycles. The first-order valence-electron chi connectivity index (χ1n) is 9.54. The van der Waals surface area contributed by atoms with Crippen LogP contribution < -0.4 is 0 Å². The molecule has 0 aliphatic carbocycles. The van der Waals surface area contributed by atoms with Crippen LogP contribution in [0.3, 0.4) is 0 Å². The molecule has 138 valence electrons. The third-order valence-corrected chi connectivity index (χ3v) is 4.75. The van der Waals surface area contributed by atoms with Crippen LogP contribution in [0.2, 0.25) is 0 Å². The smallest absolute Gasteiger partial charge is 0.262 e. The summed E-state index contributed by atoms with van der Waals surface area (Å²) in [5.41, 5.74) is 0.342. The molecule has 25 heavy (non-hydrogen) atoms. The molecule has 2 amide bonds. The van der Waals surface area contributed by atoms with Crippen molar-refractivity contribution in [3.8, 4) is 0 Å². The van der Waals surface area contributed by atoms with Gasteiger partial charge in [-0.3, -0.25) is 14.5 Å². The number of carbonyl (C=O) groups excluding carboxylic acids is 2. The van der Waals surface area contributed by atoms with E-state index in [-0.39, 0.29) is 11.8 Å². The molecule has 0 unspecified atom stereocenters. The van der Waals surface area contributed by atoms with Gasteiger partial charge in [0.25, 0.3) is 11.8 Å². The van der Waals surface area contributed by atoms with Gasteiger partial charge in [0.05, 0.1) is 23.3 Å². The molecule has 0 saturated carbocycles. The van der Waals surface area contributed by atoms with Crippen molar-refractivity contribution in [3.63, 3.8) is 0 Å². The van der Waals surface area contributed by atoms with Gasteiger partial charge in [-0.2, -0.15) is 0 Å². The summed E-state index contributed by atoms with van der Waals surface area (Å²) in [7, 11) is 0. The van der Waals surface area contributed by atoms with Crippen LogP contribution in [-0.2, 0) is 4.74 Å². The van der Waals surface area contributed by atoms with Gasteiger partial charge in [-0.15, -0.1) is 0 Å². The van der Waals surface area contributed by atoms with E-state index in [0.717, 1.165) is 6.42 Å². The molecule has 1 aliphatic rings. The van der Waals surface area contributed by atoms with E-state index in [4.69, 9.17) is 4.74 Å². The van der Waals surface area contributed by atoms with Crippen molar-refractivity contribution in [1.29, 1.82) is 0 Å². The minimum atomic E-state index is -0.645. The Morgan fingerprint density at radius 1 is 0.880 bits per heavy atom. The molecule has 4 nitrogen and oxygen atoms in total. The molecule has 0 fully saturated rings. The van der Waals surface area contributed by atoms with Gasteiger partial charge in [0, 0.05) is 6.61 Å². The fourth-order valence-electron chi connectivity index (χ4n) is 3.29. The van der Waals surface area contributed by atoms with Crippen LogP contribution in [0.5, 0.6) is 0 Å². The molecule has 1 aromatic rings.